The number of rotatable bonds is 3. The van der Waals surface area contributed by atoms with Gasteiger partial charge in [0.15, 0.2) is 0 Å². The molecule has 1 nitrogen and oxygen atoms in total. The summed E-state index contributed by atoms with van der Waals surface area (Å²) in [6, 6.07) is 10.0. The van der Waals surface area contributed by atoms with E-state index in [0.29, 0.717) is 0 Å². The zero-order chi connectivity index (χ0) is 11.6. The third-order valence-electron chi connectivity index (χ3n) is 3.51. The molecule has 1 aliphatic rings. The molecule has 0 aromatic heterocycles. The van der Waals surface area contributed by atoms with Gasteiger partial charge in [-0.15, -0.1) is 0 Å². The molecule has 0 bridgehead atoms. The predicted molar refractivity (Wildman–Crippen MR) is 70.8 cm³/mol. The SMILES string of the molecule is CCC1=C(CC)P(=O)(c2ccccc2)CC1. The molecule has 1 unspecified atom stereocenters. The molecular weight excluding hydrogens is 215 g/mol. The molecule has 0 radical (unpaired) electrons. The Bertz CT molecular complexity index is 445. The van der Waals surface area contributed by atoms with Crippen molar-refractivity contribution >= 4 is 12.4 Å². The van der Waals surface area contributed by atoms with Crippen LogP contribution in [0.5, 0.6) is 0 Å². The zero-order valence-electron chi connectivity index (χ0n) is 10.1. The number of hydrogen-bond acceptors (Lipinski definition) is 1. The second-order valence-electron chi connectivity index (χ2n) is 4.31. The molecule has 1 aromatic rings. The van der Waals surface area contributed by atoms with Gasteiger partial charge in [0.25, 0.3) is 0 Å². The van der Waals surface area contributed by atoms with Gasteiger partial charge in [0, 0.05) is 11.5 Å². The van der Waals surface area contributed by atoms with Crippen molar-refractivity contribution in [2.75, 3.05) is 6.16 Å². The van der Waals surface area contributed by atoms with E-state index >= 15 is 0 Å². The highest BCUT2D eigenvalue weighted by Crippen LogP contribution is 2.61. The lowest BCUT2D eigenvalue weighted by molar-refractivity contribution is 0.585. The Balaban J connectivity index is 2.49. The molecule has 1 aliphatic heterocycles. The Hall–Kier alpha value is -0.810. The fraction of sp³-hybridized carbons (Fsp3) is 0.429. The molecule has 1 aromatic carbocycles. The maximum Gasteiger partial charge on any atom is 0.139 e. The normalized spacial score (nSPS) is 25.1. The topological polar surface area (TPSA) is 17.1 Å². The smallest absolute Gasteiger partial charge is 0.139 e. The summed E-state index contributed by atoms with van der Waals surface area (Å²) < 4.78 is 13.1. The second-order valence-corrected chi connectivity index (χ2v) is 7.29. The van der Waals surface area contributed by atoms with Crippen LogP contribution in [-0.4, -0.2) is 6.16 Å². The van der Waals surface area contributed by atoms with E-state index in [0.717, 1.165) is 30.7 Å². The first kappa shape index (κ1) is 11.7. The van der Waals surface area contributed by atoms with E-state index in [1.54, 1.807) is 0 Å². The minimum Gasteiger partial charge on any atom is -0.314 e. The largest absolute Gasteiger partial charge is 0.314 e. The van der Waals surface area contributed by atoms with Crippen molar-refractivity contribution in [3.05, 3.63) is 41.2 Å². The lowest BCUT2D eigenvalue weighted by Crippen LogP contribution is -2.05. The average Bonchev–Trinajstić information content (AvgIpc) is 2.68. The summed E-state index contributed by atoms with van der Waals surface area (Å²) in [6.07, 6.45) is 3.88. The van der Waals surface area contributed by atoms with Gasteiger partial charge in [-0.05, 0) is 24.6 Å². The number of allylic oxidation sites excluding steroid dienone is 2. The Morgan fingerprint density at radius 2 is 1.81 bits per heavy atom. The summed E-state index contributed by atoms with van der Waals surface area (Å²) in [5.74, 6) is 0. The van der Waals surface area contributed by atoms with Gasteiger partial charge in [-0.1, -0.05) is 49.8 Å². The van der Waals surface area contributed by atoms with E-state index in [-0.39, 0.29) is 0 Å². The molecule has 2 heteroatoms. The average molecular weight is 234 g/mol. The van der Waals surface area contributed by atoms with E-state index in [1.807, 2.05) is 30.3 Å². The Kier molecular flexibility index (Phi) is 3.35. The fourth-order valence-corrected chi connectivity index (χ4v) is 6.04. The van der Waals surface area contributed by atoms with Crippen molar-refractivity contribution in [1.29, 1.82) is 0 Å². The molecule has 86 valence electrons. The first-order chi connectivity index (χ1) is 7.72. The first-order valence-electron chi connectivity index (χ1n) is 6.08. The summed E-state index contributed by atoms with van der Waals surface area (Å²) in [5.41, 5.74) is 1.44. The van der Waals surface area contributed by atoms with E-state index in [2.05, 4.69) is 13.8 Å². The Labute approximate surface area is 97.9 Å². The van der Waals surface area contributed by atoms with Crippen LogP contribution in [0.1, 0.15) is 33.1 Å². The van der Waals surface area contributed by atoms with Crippen LogP contribution in [0.4, 0.5) is 0 Å². The van der Waals surface area contributed by atoms with Gasteiger partial charge in [0.1, 0.15) is 7.14 Å². The van der Waals surface area contributed by atoms with Gasteiger partial charge in [0.2, 0.25) is 0 Å². The summed E-state index contributed by atoms with van der Waals surface area (Å²) in [5, 5.41) is 2.30. The molecule has 0 amide bonds. The maximum absolute atomic E-state index is 13.1. The first-order valence-corrected chi connectivity index (χ1v) is 7.97. The highest BCUT2D eigenvalue weighted by Gasteiger charge is 2.34. The molecular formula is C14H19OP. The molecule has 0 N–H and O–H groups in total. The minimum atomic E-state index is -2.23. The van der Waals surface area contributed by atoms with Crippen molar-refractivity contribution in [2.45, 2.75) is 33.1 Å². The second kappa shape index (κ2) is 4.59. The van der Waals surface area contributed by atoms with Crippen molar-refractivity contribution in [2.24, 2.45) is 0 Å². The lowest BCUT2D eigenvalue weighted by atomic mass is 10.1. The molecule has 2 rings (SSSR count). The quantitative estimate of drug-likeness (QED) is 0.718. The van der Waals surface area contributed by atoms with Gasteiger partial charge in [0.05, 0.1) is 0 Å². The third kappa shape index (κ3) is 1.78. The highest BCUT2D eigenvalue weighted by molar-refractivity contribution is 7.75. The monoisotopic (exact) mass is 234 g/mol. The number of hydrogen-bond donors (Lipinski definition) is 0. The van der Waals surface area contributed by atoms with Crippen molar-refractivity contribution in [3.8, 4) is 0 Å². The van der Waals surface area contributed by atoms with Crippen LogP contribution >= 0.6 is 7.14 Å². The highest BCUT2D eigenvalue weighted by atomic mass is 31.2. The zero-order valence-corrected chi connectivity index (χ0v) is 11.0. The lowest BCUT2D eigenvalue weighted by Gasteiger charge is -2.16. The van der Waals surface area contributed by atoms with Crippen LogP contribution in [0.25, 0.3) is 0 Å². The van der Waals surface area contributed by atoms with Crippen molar-refractivity contribution in [1.82, 2.24) is 0 Å². The van der Waals surface area contributed by atoms with Crippen molar-refractivity contribution in [3.63, 3.8) is 0 Å². The fourth-order valence-electron chi connectivity index (χ4n) is 2.67. The van der Waals surface area contributed by atoms with E-state index in [1.165, 1.54) is 10.9 Å². The van der Waals surface area contributed by atoms with Crippen LogP contribution in [-0.2, 0) is 4.57 Å². The van der Waals surface area contributed by atoms with E-state index in [4.69, 9.17) is 0 Å². The number of benzene rings is 1. The minimum absolute atomic E-state index is 0.851. The van der Waals surface area contributed by atoms with Crippen LogP contribution < -0.4 is 5.30 Å². The summed E-state index contributed by atoms with van der Waals surface area (Å²) in [6.45, 7) is 4.30. The maximum atomic E-state index is 13.1. The van der Waals surface area contributed by atoms with E-state index in [9.17, 15) is 4.57 Å². The van der Waals surface area contributed by atoms with Crippen molar-refractivity contribution < 1.29 is 4.57 Å². The third-order valence-corrected chi connectivity index (χ3v) is 7.00. The molecule has 16 heavy (non-hydrogen) atoms. The van der Waals surface area contributed by atoms with Gasteiger partial charge < -0.3 is 4.57 Å². The van der Waals surface area contributed by atoms with Crippen LogP contribution in [0.3, 0.4) is 0 Å². The van der Waals surface area contributed by atoms with Gasteiger partial charge in [-0.3, -0.25) is 0 Å². The van der Waals surface area contributed by atoms with Crippen LogP contribution in [0, 0.1) is 0 Å². The summed E-state index contributed by atoms with van der Waals surface area (Å²) >= 11 is 0. The van der Waals surface area contributed by atoms with Crippen LogP contribution in [0.15, 0.2) is 41.2 Å². The summed E-state index contributed by atoms with van der Waals surface area (Å²) in [7, 11) is -2.23. The molecule has 0 fully saturated rings. The Morgan fingerprint density at radius 1 is 1.12 bits per heavy atom. The molecule has 0 spiro atoms. The van der Waals surface area contributed by atoms with Gasteiger partial charge in [-0.2, -0.15) is 0 Å². The van der Waals surface area contributed by atoms with Crippen LogP contribution in [0.2, 0.25) is 0 Å². The molecule has 1 heterocycles. The van der Waals surface area contributed by atoms with Gasteiger partial charge >= 0.3 is 0 Å². The molecule has 0 saturated heterocycles. The Morgan fingerprint density at radius 3 is 2.38 bits per heavy atom. The summed E-state index contributed by atoms with van der Waals surface area (Å²) in [4.78, 5) is 0. The van der Waals surface area contributed by atoms with Gasteiger partial charge in [-0.25, -0.2) is 0 Å². The molecule has 1 atom stereocenters. The standard InChI is InChI=1S/C14H19OP/c1-3-12-10-11-16(15,14(12)4-2)13-8-6-5-7-9-13/h5-9H,3-4,10-11H2,1-2H3. The predicted octanol–water partition coefficient (Wildman–Crippen LogP) is 4.15. The molecule has 0 saturated carbocycles. The van der Waals surface area contributed by atoms with E-state index < -0.39 is 7.14 Å². The molecule has 0 aliphatic carbocycles.